The summed E-state index contributed by atoms with van der Waals surface area (Å²) in [5, 5.41) is 2.62. The molecular weight excluding hydrogens is 187 g/mol. The number of halogens is 1. The Morgan fingerprint density at radius 3 is 2.93 bits per heavy atom. The van der Waals surface area contributed by atoms with E-state index in [4.69, 9.17) is 4.74 Å². The molecule has 0 aliphatic carbocycles. The van der Waals surface area contributed by atoms with Gasteiger partial charge in [-0.1, -0.05) is 0 Å². The number of ether oxygens (including phenoxy) is 1. The first kappa shape index (κ1) is 8.93. The molecule has 2 rings (SSSR count). The van der Waals surface area contributed by atoms with Crippen molar-refractivity contribution in [2.75, 3.05) is 6.61 Å². The van der Waals surface area contributed by atoms with Crippen LogP contribution >= 0.6 is 0 Å². The summed E-state index contributed by atoms with van der Waals surface area (Å²) in [6.07, 6.45) is 0.643. The molecule has 0 saturated carbocycles. The molecule has 0 bridgehead atoms. The molecule has 0 aromatic carbocycles. The fraction of sp³-hybridized carbons (Fsp3) is 0.333. The van der Waals surface area contributed by atoms with Gasteiger partial charge in [0, 0.05) is 0 Å². The number of carbonyl (C=O) groups excluding carboxylic acids is 1. The monoisotopic (exact) mass is 196 g/mol. The largest absolute Gasteiger partial charge is 0.447 e. The molecule has 1 fully saturated rings. The minimum Gasteiger partial charge on any atom is -0.447 e. The van der Waals surface area contributed by atoms with Crippen LogP contribution in [0.3, 0.4) is 0 Å². The highest BCUT2D eigenvalue weighted by molar-refractivity contribution is 5.70. The Bertz CT molecular complexity index is 366. The van der Waals surface area contributed by atoms with Crippen LogP contribution < -0.4 is 5.32 Å². The van der Waals surface area contributed by atoms with Crippen LogP contribution in [0.1, 0.15) is 12.6 Å². The Balaban J connectivity index is 2.30. The fourth-order valence-electron chi connectivity index (χ4n) is 1.35. The third-order valence-electron chi connectivity index (χ3n) is 2.16. The van der Waals surface area contributed by atoms with Crippen LogP contribution in [0.5, 0.6) is 0 Å². The number of nitrogens with one attached hydrogen (secondary N) is 1. The third kappa shape index (κ3) is 1.41. The van der Waals surface area contributed by atoms with Gasteiger partial charge in [-0.05, 0) is 19.1 Å². The number of hydrogen-bond acceptors (Lipinski definition) is 3. The number of cyclic esters (lactones) is 1. The van der Waals surface area contributed by atoms with Gasteiger partial charge in [0.15, 0.2) is 0 Å². The van der Waals surface area contributed by atoms with Crippen molar-refractivity contribution in [3.63, 3.8) is 0 Å². The third-order valence-corrected chi connectivity index (χ3v) is 2.16. The van der Waals surface area contributed by atoms with Gasteiger partial charge in [-0.25, -0.2) is 9.18 Å². The average Bonchev–Trinajstić information content (AvgIpc) is 2.48. The van der Waals surface area contributed by atoms with E-state index in [0.29, 0.717) is 5.69 Å². The highest BCUT2D eigenvalue weighted by Crippen LogP contribution is 2.23. The van der Waals surface area contributed by atoms with Crippen LogP contribution in [-0.4, -0.2) is 17.7 Å². The molecule has 1 atom stereocenters. The molecule has 5 heteroatoms. The molecule has 1 aliphatic rings. The summed E-state index contributed by atoms with van der Waals surface area (Å²) in [6, 6.07) is 2.84. The Morgan fingerprint density at radius 2 is 2.43 bits per heavy atom. The standard InChI is InChI=1S/C9H9FN2O2/c1-9(5-14-8(13)12-9)7-3-2-6(10)4-11-7/h2-4H,5H2,1H3,(H,12,13). The van der Waals surface area contributed by atoms with E-state index >= 15 is 0 Å². The van der Waals surface area contributed by atoms with Gasteiger partial charge in [0.25, 0.3) is 0 Å². The van der Waals surface area contributed by atoms with Crippen LogP contribution in [0.4, 0.5) is 9.18 Å². The first-order chi connectivity index (χ1) is 6.60. The number of rotatable bonds is 1. The van der Waals surface area contributed by atoms with Crippen molar-refractivity contribution in [1.29, 1.82) is 0 Å². The molecule has 0 radical (unpaired) electrons. The van der Waals surface area contributed by atoms with Crippen LogP contribution in [0.15, 0.2) is 18.3 Å². The quantitative estimate of drug-likeness (QED) is 0.733. The average molecular weight is 196 g/mol. The number of amides is 1. The van der Waals surface area contributed by atoms with Gasteiger partial charge in [-0.3, -0.25) is 4.98 Å². The van der Waals surface area contributed by atoms with E-state index in [1.165, 1.54) is 12.1 Å². The van der Waals surface area contributed by atoms with Gasteiger partial charge < -0.3 is 10.1 Å². The van der Waals surface area contributed by atoms with Crippen molar-refractivity contribution in [3.05, 3.63) is 29.8 Å². The summed E-state index contributed by atoms with van der Waals surface area (Å²) in [5.74, 6) is -0.400. The zero-order valence-electron chi connectivity index (χ0n) is 7.58. The second kappa shape index (κ2) is 2.94. The second-order valence-electron chi connectivity index (χ2n) is 3.39. The molecule has 1 saturated heterocycles. The molecule has 1 aromatic rings. The zero-order valence-corrected chi connectivity index (χ0v) is 7.58. The Morgan fingerprint density at radius 1 is 1.64 bits per heavy atom. The van der Waals surface area contributed by atoms with E-state index in [0.717, 1.165) is 6.20 Å². The van der Waals surface area contributed by atoms with Crippen LogP contribution in [0.25, 0.3) is 0 Å². The van der Waals surface area contributed by atoms with E-state index in [-0.39, 0.29) is 6.61 Å². The summed E-state index contributed by atoms with van der Waals surface area (Å²) in [6.45, 7) is 1.99. The van der Waals surface area contributed by atoms with Gasteiger partial charge in [-0.15, -0.1) is 0 Å². The maximum Gasteiger partial charge on any atom is 0.408 e. The second-order valence-corrected chi connectivity index (χ2v) is 3.39. The fourth-order valence-corrected chi connectivity index (χ4v) is 1.35. The number of carbonyl (C=O) groups is 1. The van der Waals surface area contributed by atoms with E-state index < -0.39 is 17.4 Å². The van der Waals surface area contributed by atoms with E-state index in [1.54, 1.807) is 6.92 Å². The molecule has 1 amide bonds. The maximum atomic E-state index is 12.6. The predicted molar refractivity (Wildman–Crippen MR) is 46.0 cm³/mol. The zero-order chi connectivity index (χ0) is 10.2. The number of aromatic nitrogens is 1. The molecule has 0 spiro atoms. The van der Waals surface area contributed by atoms with Gasteiger partial charge in [-0.2, -0.15) is 0 Å². The van der Waals surface area contributed by atoms with Crippen molar-refractivity contribution in [1.82, 2.24) is 10.3 Å². The Labute approximate surface area is 80.1 Å². The normalized spacial score (nSPS) is 25.7. The van der Waals surface area contributed by atoms with Gasteiger partial charge in [0.2, 0.25) is 0 Å². The van der Waals surface area contributed by atoms with Crippen molar-refractivity contribution in [2.45, 2.75) is 12.5 Å². The minimum atomic E-state index is -0.648. The minimum absolute atomic E-state index is 0.213. The van der Waals surface area contributed by atoms with Crippen LogP contribution in [0.2, 0.25) is 0 Å². The van der Waals surface area contributed by atoms with E-state index in [2.05, 4.69) is 10.3 Å². The number of alkyl carbamates (subject to hydrolysis) is 1. The molecule has 2 heterocycles. The summed E-state index contributed by atoms with van der Waals surface area (Å²) < 4.78 is 17.4. The molecule has 1 unspecified atom stereocenters. The maximum absolute atomic E-state index is 12.6. The molecule has 4 nitrogen and oxygen atoms in total. The van der Waals surface area contributed by atoms with Crippen LogP contribution in [-0.2, 0) is 10.3 Å². The van der Waals surface area contributed by atoms with Crippen LogP contribution in [0, 0.1) is 5.82 Å². The Hall–Kier alpha value is -1.65. The van der Waals surface area contributed by atoms with Crippen molar-refractivity contribution in [2.24, 2.45) is 0 Å². The van der Waals surface area contributed by atoms with Gasteiger partial charge >= 0.3 is 6.09 Å². The lowest BCUT2D eigenvalue weighted by molar-refractivity contribution is 0.173. The number of pyridine rings is 1. The van der Waals surface area contributed by atoms with E-state index in [9.17, 15) is 9.18 Å². The Kier molecular flexibility index (Phi) is 1.87. The lowest BCUT2D eigenvalue weighted by Crippen LogP contribution is -2.38. The topological polar surface area (TPSA) is 51.2 Å². The number of nitrogens with zero attached hydrogens (tertiary/aromatic N) is 1. The lowest BCUT2D eigenvalue weighted by atomic mass is 9.99. The summed E-state index contributed by atoms with van der Waals surface area (Å²) >= 11 is 0. The predicted octanol–water partition coefficient (Wildman–Crippen LogP) is 1.18. The molecular formula is C9H9FN2O2. The first-order valence-electron chi connectivity index (χ1n) is 4.17. The molecule has 1 aromatic heterocycles. The summed E-state index contributed by atoms with van der Waals surface area (Å²) in [4.78, 5) is 14.8. The molecule has 1 N–H and O–H groups in total. The highest BCUT2D eigenvalue weighted by Gasteiger charge is 2.37. The summed E-state index contributed by atoms with van der Waals surface area (Å²) in [5.41, 5.74) is -0.0603. The molecule has 14 heavy (non-hydrogen) atoms. The van der Waals surface area contributed by atoms with Crippen molar-refractivity contribution >= 4 is 6.09 Å². The lowest BCUT2D eigenvalue weighted by Gasteiger charge is -2.19. The molecule has 74 valence electrons. The first-order valence-corrected chi connectivity index (χ1v) is 4.17. The number of hydrogen-bond donors (Lipinski definition) is 1. The highest BCUT2D eigenvalue weighted by atomic mass is 19.1. The SMILES string of the molecule is CC1(c2ccc(F)cn2)COC(=O)N1. The van der Waals surface area contributed by atoms with Gasteiger partial charge in [0.1, 0.15) is 18.0 Å². The van der Waals surface area contributed by atoms with Crippen molar-refractivity contribution < 1.29 is 13.9 Å². The summed E-state index contributed by atoms with van der Waals surface area (Å²) in [7, 11) is 0. The smallest absolute Gasteiger partial charge is 0.408 e. The molecule has 1 aliphatic heterocycles. The van der Waals surface area contributed by atoms with Crippen molar-refractivity contribution in [3.8, 4) is 0 Å². The van der Waals surface area contributed by atoms with Gasteiger partial charge in [0.05, 0.1) is 11.9 Å². The van der Waals surface area contributed by atoms with E-state index in [1.807, 2.05) is 0 Å².